The molecule has 0 aliphatic rings. The van der Waals surface area contributed by atoms with E-state index in [1.807, 2.05) is 0 Å². The second kappa shape index (κ2) is 8.00. The molecule has 130 valence electrons. The number of carbonyl (C=O) groups is 1. The summed E-state index contributed by atoms with van der Waals surface area (Å²) >= 11 is 6.74. The van der Waals surface area contributed by atoms with Crippen molar-refractivity contribution in [3.63, 3.8) is 0 Å². The van der Waals surface area contributed by atoms with Crippen molar-refractivity contribution >= 4 is 43.6 Å². The fourth-order valence-corrected chi connectivity index (χ4v) is 3.48. The van der Waals surface area contributed by atoms with Crippen LogP contribution >= 0.6 is 31.9 Å². The quantitative estimate of drug-likeness (QED) is 0.689. The van der Waals surface area contributed by atoms with E-state index in [-0.39, 0.29) is 12.5 Å². The van der Waals surface area contributed by atoms with Crippen molar-refractivity contribution < 1.29 is 19.4 Å². The van der Waals surface area contributed by atoms with Crippen LogP contribution in [0.25, 0.3) is 0 Å². The van der Waals surface area contributed by atoms with Gasteiger partial charge in [-0.05, 0) is 50.9 Å². The Morgan fingerprint density at radius 1 is 1.42 bits per heavy atom. The van der Waals surface area contributed by atoms with Gasteiger partial charge in [0.15, 0.2) is 11.6 Å². The molecule has 1 aromatic heterocycles. The maximum absolute atomic E-state index is 12.5. The lowest BCUT2D eigenvalue weighted by molar-refractivity contribution is 0.102. The zero-order valence-corrected chi connectivity index (χ0v) is 16.5. The van der Waals surface area contributed by atoms with Crippen LogP contribution in [0, 0.1) is 0 Å². The summed E-state index contributed by atoms with van der Waals surface area (Å²) in [5, 5.41) is 15.9. The van der Waals surface area contributed by atoms with Crippen molar-refractivity contribution in [3.8, 4) is 11.5 Å². The van der Waals surface area contributed by atoms with Gasteiger partial charge in [0, 0.05) is 12.6 Å². The number of aliphatic hydroxyl groups excluding tert-OH is 1. The van der Waals surface area contributed by atoms with Gasteiger partial charge in [-0.1, -0.05) is 0 Å². The molecule has 0 aliphatic heterocycles. The average Bonchev–Trinajstić information content (AvgIpc) is 2.87. The van der Waals surface area contributed by atoms with Gasteiger partial charge in [-0.2, -0.15) is 5.10 Å². The Morgan fingerprint density at radius 3 is 2.58 bits per heavy atom. The Kier molecular flexibility index (Phi) is 6.25. The van der Waals surface area contributed by atoms with Crippen LogP contribution < -0.4 is 14.8 Å². The Balaban J connectivity index is 2.26. The van der Waals surface area contributed by atoms with Gasteiger partial charge >= 0.3 is 0 Å². The molecule has 0 aliphatic carbocycles. The van der Waals surface area contributed by atoms with Gasteiger partial charge in [-0.3, -0.25) is 4.79 Å². The number of nitrogens with one attached hydrogen (secondary N) is 1. The Bertz CT molecular complexity index is 725. The molecule has 1 atom stereocenters. The molecule has 2 aromatic rings. The van der Waals surface area contributed by atoms with Crippen molar-refractivity contribution in [2.45, 2.75) is 13.0 Å². The van der Waals surface area contributed by atoms with E-state index >= 15 is 0 Å². The zero-order valence-electron chi connectivity index (χ0n) is 13.3. The van der Waals surface area contributed by atoms with E-state index < -0.39 is 6.10 Å². The molecule has 0 radical (unpaired) electrons. The SMILES string of the molecule is COc1c(Br)cc(C(=O)Nc2c(OC(C)CO)cnn2C)cc1Br. The minimum Gasteiger partial charge on any atom is -0.494 e. The number of amides is 1. The standard InChI is InChI=1S/C15H17Br2N3O4/c1-8(7-21)24-12-6-18-20(2)14(12)19-15(22)9-4-10(16)13(23-3)11(17)5-9/h4-6,8,21H,7H2,1-3H3,(H,19,22). The summed E-state index contributed by atoms with van der Waals surface area (Å²) in [6.07, 6.45) is 1.08. The second-order valence-corrected chi connectivity index (χ2v) is 6.73. The molecule has 24 heavy (non-hydrogen) atoms. The summed E-state index contributed by atoms with van der Waals surface area (Å²) in [5.74, 6) is 1.07. The third kappa shape index (κ3) is 4.08. The number of benzene rings is 1. The number of anilines is 1. The van der Waals surface area contributed by atoms with Gasteiger partial charge < -0.3 is 19.9 Å². The Morgan fingerprint density at radius 2 is 2.04 bits per heavy atom. The first-order valence-electron chi connectivity index (χ1n) is 7.01. The molecule has 2 rings (SSSR count). The van der Waals surface area contributed by atoms with E-state index in [4.69, 9.17) is 14.6 Å². The monoisotopic (exact) mass is 461 g/mol. The number of aromatic nitrogens is 2. The lowest BCUT2D eigenvalue weighted by atomic mass is 10.2. The number of hydrogen-bond donors (Lipinski definition) is 2. The van der Waals surface area contributed by atoms with Gasteiger partial charge in [0.25, 0.3) is 5.91 Å². The fourth-order valence-electron chi connectivity index (χ4n) is 1.97. The maximum atomic E-state index is 12.5. The highest BCUT2D eigenvalue weighted by Crippen LogP contribution is 2.35. The molecule has 1 heterocycles. The largest absolute Gasteiger partial charge is 0.494 e. The third-order valence-corrected chi connectivity index (χ3v) is 4.37. The highest BCUT2D eigenvalue weighted by Gasteiger charge is 2.18. The minimum absolute atomic E-state index is 0.138. The normalized spacial score (nSPS) is 11.9. The number of ether oxygens (including phenoxy) is 2. The molecule has 9 heteroatoms. The second-order valence-electron chi connectivity index (χ2n) is 5.02. The summed E-state index contributed by atoms with van der Waals surface area (Å²) in [6, 6.07) is 3.32. The average molecular weight is 463 g/mol. The number of aryl methyl sites for hydroxylation is 1. The van der Waals surface area contributed by atoms with Crippen LogP contribution in [0.3, 0.4) is 0 Å². The first-order chi connectivity index (χ1) is 11.4. The zero-order chi connectivity index (χ0) is 17.9. The lowest BCUT2D eigenvalue weighted by Gasteiger charge is -2.14. The highest BCUT2D eigenvalue weighted by molar-refractivity contribution is 9.11. The first-order valence-corrected chi connectivity index (χ1v) is 8.59. The molecule has 0 saturated heterocycles. The summed E-state index contributed by atoms with van der Waals surface area (Å²) in [4.78, 5) is 12.5. The lowest BCUT2D eigenvalue weighted by Crippen LogP contribution is -2.19. The number of carbonyl (C=O) groups excluding carboxylic acids is 1. The summed E-state index contributed by atoms with van der Waals surface area (Å²) in [7, 11) is 3.23. The Hall–Kier alpha value is -1.58. The Labute approximate surface area is 156 Å². The van der Waals surface area contributed by atoms with Gasteiger partial charge in [0.2, 0.25) is 0 Å². The fraction of sp³-hybridized carbons (Fsp3) is 0.333. The number of nitrogens with zero attached hydrogens (tertiary/aromatic N) is 2. The molecule has 7 nitrogen and oxygen atoms in total. The van der Waals surface area contributed by atoms with Crippen LogP contribution in [0.1, 0.15) is 17.3 Å². The van der Waals surface area contributed by atoms with Crippen LogP contribution in [-0.4, -0.2) is 40.6 Å². The molecular formula is C15H17Br2N3O4. The predicted molar refractivity (Wildman–Crippen MR) is 96.7 cm³/mol. The van der Waals surface area contributed by atoms with Crippen molar-refractivity contribution in [2.75, 3.05) is 19.0 Å². The molecule has 1 amide bonds. The molecule has 1 aromatic carbocycles. The molecule has 0 saturated carbocycles. The van der Waals surface area contributed by atoms with Gasteiger partial charge in [-0.15, -0.1) is 0 Å². The van der Waals surface area contributed by atoms with Crippen LogP contribution in [0.15, 0.2) is 27.3 Å². The van der Waals surface area contributed by atoms with Gasteiger partial charge in [-0.25, -0.2) is 4.68 Å². The van der Waals surface area contributed by atoms with E-state index in [1.54, 1.807) is 33.2 Å². The van der Waals surface area contributed by atoms with E-state index in [9.17, 15) is 4.79 Å². The molecule has 0 fully saturated rings. The molecule has 2 N–H and O–H groups in total. The van der Waals surface area contributed by atoms with Crippen molar-refractivity contribution in [1.82, 2.24) is 9.78 Å². The van der Waals surface area contributed by atoms with Crippen LogP contribution in [-0.2, 0) is 7.05 Å². The van der Waals surface area contributed by atoms with Crippen molar-refractivity contribution in [3.05, 3.63) is 32.8 Å². The maximum Gasteiger partial charge on any atom is 0.256 e. The minimum atomic E-state index is -0.408. The predicted octanol–water partition coefficient (Wildman–Crippen LogP) is 2.97. The molecule has 0 bridgehead atoms. The number of aliphatic hydroxyl groups is 1. The summed E-state index contributed by atoms with van der Waals surface area (Å²) in [5.41, 5.74) is 0.428. The molecular weight excluding hydrogens is 446 g/mol. The van der Waals surface area contributed by atoms with Gasteiger partial charge in [0.05, 0.1) is 28.9 Å². The first kappa shape index (κ1) is 18.8. The number of halogens is 2. The van der Waals surface area contributed by atoms with Crippen LogP contribution in [0.2, 0.25) is 0 Å². The van der Waals surface area contributed by atoms with E-state index in [2.05, 4.69) is 42.3 Å². The van der Waals surface area contributed by atoms with Crippen LogP contribution in [0.4, 0.5) is 5.82 Å². The number of rotatable bonds is 6. The van der Waals surface area contributed by atoms with E-state index in [1.165, 1.54) is 10.9 Å². The topological polar surface area (TPSA) is 85.6 Å². The van der Waals surface area contributed by atoms with Crippen molar-refractivity contribution in [2.24, 2.45) is 7.05 Å². The number of methoxy groups -OCH3 is 1. The molecule has 1 unspecified atom stereocenters. The number of hydrogen-bond acceptors (Lipinski definition) is 5. The van der Waals surface area contributed by atoms with Crippen LogP contribution in [0.5, 0.6) is 11.5 Å². The third-order valence-electron chi connectivity index (χ3n) is 3.19. The summed E-state index contributed by atoms with van der Waals surface area (Å²) < 4.78 is 13.6. The summed E-state index contributed by atoms with van der Waals surface area (Å²) in [6.45, 7) is 1.58. The highest BCUT2D eigenvalue weighted by atomic mass is 79.9. The van der Waals surface area contributed by atoms with Crippen molar-refractivity contribution in [1.29, 1.82) is 0 Å². The molecule has 0 spiro atoms. The smallest absolute Gasteiger partial charge is 0.256 e. The van der Waals surface area contributed by atoms with E-state index in [0.717, 1.165) is 0 Å². The van der Waals surface area contributed by atoms with Gasteiger partial charge in [0.1, 0.15) is 11.9 Å². The van der Waals surface area contributed by atoms with E-state index in [0.29, 0.717) is 31.8 Å².